The number of carbonyl (C=O) groups is 1. The molecule has 0 bridgehead atoms. The van der Waals surface area contributed by atoms with Gasteiger partial charge >= 0.3 is 0 Å². The SMILES string of the molecule is O=C(N[C@H]1CCSc2ccc(Cl)cc21)c1cnccn1. The van der Waals surface area contributed by atoms with Crippen molar-refractivity contribution in [2.45, 2.75) is 17.4 Å². The molecule has 2 aromatic rings. The molecule has 1 aliphatic rings. The number of fused-ring (bicyclic) bond motifs is 1. The molecule has 0 radical (unpaired) electrons. The van der Waals surface area contributed by atoms with Crippen LogP contribution in [0.1, 0.15) is 28.5 Å². The van der Waals surface area contributed by atoms with Gasteiger partial charge in [0.25, 0.3) is 5.91 Å². The highest BCUT2D eigenvalue weighted by atomic mass is 35.5. The number of rotatable bonds is 2. The number of benzene rings is 1. The van der Waals surface area contributed by atoms with Crippen molar-refractivity contribution in [3.8, 4) is 0 Å². The van der Waals surface area contributed by atoms with E-state index in [0.717, 1.165) is 17.7 Å². The zero-order chi connectivity index (χ0) is 13.9. The molecule has 0 spiro atoms. The summed E-state index contributed by atoms with van der Waals surface area (Å²) in [4.78, 5) is 21.2. The number of hydrogen-bond acceptors (Lipinski definition) is 4. The second kappa shape index (κ2) is 5.81. The second-order valence-corrected chi connectivity index (χ2v) is 6.01. The molecule has 0 aliphatic carbocycles. The Kier molecular flexibility index (Phi) is 3.89. The van der Waals surface area contributed by atoms with Crippen molar-refractivity contribution >= 4 is 29.3 Å². The molecule has 1 atom stereocenters. The van der Waals surface area contributed by atoms with Crippen LogP contribution in [-0.2, 0) is 0 Å². The van der Waals surface area contributed by atoms with Gasteiger partial charge in [-0.05, 0) is 30.2 Å². The predicted molar refractivity (Wildman–Crippen MR) is 79.0 cm³/mol. The lowest BCUT2D eigenvalue weighted by Gasteiger charge is -2.26. The van der Waals surface area contributed by atoms with Crippen LogP contribution in [0.2, 0.25) is 5.02 Å². The molecule has 3 rings (SSSR count). The van der Waals surface area contributed by atoms with Gasteiger partial charge in [-0.1, -0.05) is 11.6 Å². The predicted octanol–water partition coefficient (Wildman–Crippen LogP) is 3.10. The number of hydrogen-bond donors (Lipinski definition) is 1. The lowest BCUT2D eigenvalue weighted by atomic mass is 10.0. The van der Waals surface area contributed by atoms with Crippen LogP contribution in [0.15, 0.2) is 41.7 Å². The molecular weight excluding hydrogens is 294 g/mol. The number of halogens is 1. The molecule has 2 heterocycles. The molecule has 102 valence electrons. The molecule has 4 nitrogen and oxygen atoms in total. The van der Waals surface area contributed by atoms with Crippen molar-refractivity contribution in [3.63, 3.8) is 0 Å². The standard InChI is InChI=1S/C14H12ClN3OS/c15-9-1-2-13-10(7-9)11(3-6-20-13)18-14(19)12-8-16-4-5-17-12/h1-2,4-5,7-8,11H,3,6H2,(H,18,19)/t11-/m0/s1. The zero-order valence-corrected chi connectivity index (χ0v) is 12.1. The Morgan fingerprint density at radius 3 is 3.10 bits per heavy atom. The number of nitrogens with zero attached hydrogens (tertiary/aromatic N) is 2. The topological polar surface area (TPSA) is 54.9 Å². The number of thioether (sulfide) groups is 1. The van der Waals surface area contributed by atoms with Crippen LogP contribution in [0.4, 0.5) is 0 Å². The highest BCUT2D eigenvalue weighted by Gasteiger charge is 2.23. The van der Waals surface area contributed by atoms with E-state index in [4.69, 9.17) is 11.6 Å². The van der Waals surface area contributed by atoms with Crippen LogP contribution >= 0.6 is 23.4 Å². The molecule has 20 heavy (non-hydrogen) atoms. The van der Waals surface area contributed by atoms with Crippen molar-refractivity contribution in [2.24, 2.45) is 0 Å². The summed E-state index contributed by atoms with van der Waals surface area (Å²) in [5.41, 5.74) is 1.40. The highest BCUT2D eigenvalue weighted by molar-refractivity contribution is 7.99. The molecule has 1 N–H and O–H groups in total. The Morgan fingerprint density at radius 2 is 2.30 bits per heavy atom. The fourth-order valence-electron chi connectivity index (χ4n) is 2.16. The number of carbonyl (C=O) groups excluding carboxylic acids is 1. The van der Waals surface area contributed by atoms with Crippen LogP contribution in [0.25, 0.3) is 0 Å². The van der Waals surface area contributed by atoms with E-state index in [0.29, 0.717) is 10.7 Å². The molecule has 0 saturated heterocycles. The molecule has 1 aliphatic heterocycles. The quantitative estimate of drug-likeness (QED) is 0.926. The molecule has 6 heteroatoms. The third kappa shape index (κ3) is 2.78. The van der Waals surface area contributed by atoms with Crippen molar-refractivity contribution in [2.75, 3.05) is 5.75 Å². The Morgan fingerprint density at radius 1 is 1.40 bits per heavy atom. The zero-order valence-electron chi connectivity index (χ0n) is 10.5. The molecule has 0 saturated carbocycles. The minimum Gasteiger partial charge on any atom is -0.344 e. The first-order valence-corrected chi connectivity index (χ1v) is 7.59. The van der Waals surface area contributed by atoms with Crippen molar-refractivity contribution < 1.29 is 4.79 Å². The minimum absolute atomic E-state index is 0.0283. The molecule has 1 aromatic heterocycles. The maximum Gasteiger partial charge on any atom is 0.271 e. The Hall–Kier alpha value is -1.59. The lowest BCUT2D eigenvalue weighted by molar-refractivity contribution is 0.0929. The second-order valence-electron chi connectivity index (χ2n) is 4.44. The van der Waals surface area contributed by atoms with Crippen molar-refractivity contribution in [3.05, 3.63) is 53.1 Å². The highest BCUT2D eigenvalue weighted by Crippen LogP contribution is 2.37. The maximum atomic E-state index is 12.2. The summed E-state index contributed by atoms with van der Waals surface area (Å²) >= 11 is 7.84. The van der Waals surface area contributed by atoms with Crippen LogP contribution in [0.5, 0.6) is 0 Å². The number of aromatic nitrogens is 2. The summed E-state index contributed by atoms with van der Waals surface area (Å²) < 4.78 is 0. The summed E-state index contributed by atoms with van der Waals surface area (Å²) in [6.45, 7) is 0. The number of nitrogens with one attached hydrogen (secondary N) is 1. The van der Waals surface area contributed by atoms with E-state index >= 15 is 0 Å². The van der Waals surface area contributed by atoms with Crippen LogP contribution in [-0.4, -0.2) is 21.6 Å². The third-order valence-electron chi connectivity index (χ3n) is 3.11. The van der Waals surface area contributed by atoms with Crippen LogP contribution in [0.3, 0.4) is 0 Å². The van der Waals surface area contributed by atoms with Crippen molar-refractivity contribution in [1.29, 1.82) is 0 Å². The van der Waals surface area contributed by atoms with E-state index in [-0.39, 0.29) is 11.9 Å². The monoisotopic (exact) mass is 305 g/mol. The van der Waals surface area contributed by atoms with Crippen LogP contribution < -0.4 is 5.32 Å². The Balaban J connectivity index is 1.83. The summed E-state index contributed by atoms with van der Waals surface area (Å²) in [6.07, 6.45) is 5.40. The fraction of sp³-hybridized carbons (Fsp3) is 0.214. The van der Waals surface area contributed by atoms with Gasteiger partial charge in [-0.15, -0.1) is 11.8 Å². The van der Waals surface area contributed by atoms with Gasteiger partial charge in [-0.25, -0.2) is 4.98 Å². The molecule has 0 unspecified atom stereocenters. The van der Waals surface area contributed by atoms with Gasteiger partial charge in [-0.3, -0.25) is 9.78 Å². The van der Waals surface area contributed by atoms with E-state index in [1.54, 1.807) is 18.0 Å². The van der Waals surface area contributed by atoms with E-state index < -0.39 is 0 Å². The Bertz CT molecular complexity index is 636. The molecule has 0 fully saturated rings. The third-order valence-corrected chi connectivity index (χ3v) is 4.47. The average molecular weight is 306 g/mol. The van der Waals surface area contributed by atoms with Gasteiger partial charge in [0, 0.05) is 28.1 Å². The van der Waals surface area contributed by atoms with E-state index in [9.17, 15) is 4.79 Å². The largest absolute Gasteiger partial charge is 0.344 e. The Labute approximate surface area is 126 Å². The van der Waals surface area contributed by atoms with Gasteiger partial charge in [-0.2, -0.15) is 0 Å². The number of amides is 1. The first-order valence-electron chi connectivity index (χ1n) is 6.23. The first-order chi connectivity index (χ1) is 9.74. The van der Waals surface area contributed by atoms with Gasteiger partial charge < -0.3 is 5.32 Å². The van der Waals surface area contributed by atoms with Crippen molar-refractivity contribution in [1.82, 2.24) is 15.3 Å². The van der Waals surface area contributed by atoms with E-state index in [1.165, 1.54) is 17.3 Å². The van der Waals surface area contributed by atoms with Crippen LogP contribution in [0, 0.1) is 0 Å². The molecule has 1 amide bonds. The lowest BCUT2D eigenvalue weighted by Crippen LogP contribution is -2.31. The fourth-order valence-corrected chi connectivity index (χ4v) is 3.45. The van der Waals surface area contributed by atoms with E-state index in [1.807, 2.05) is 18.2 Å². The normalized spacial score (nSPS) is 17.4. The minimum atomic E-state index is -0.207. The molecule has 1 aromatic carbocycles. The summed E-state index contributed by atoms with van der Waals surface area (Å²) in [7, 11) is 0. The summed E-state index contributed by atoms with van der Waals surface area (Å²) in [5.74, 6) is 0.765. The average Bonchev–Trinajstić information content (AvgIpc) is 2.49. The smallest absolute Gasteiger partial charge is 0.271 e. The van der Waals surface area contributed by atoms with Gasteiger partial charge in [0.15, 0.2) is 0 Å². The molecular formula is C14H12ClN3OS. The maximum absolute atomic E-state index is 12.2. The van der Waals surface area contributed by atoms with Gasteiger partial charge in [0.1, 0.15) is 5.69 Å². The summed E-state index contributed by atoms with van der Waals surface area (Å²) in [6, 6.07) is 5.77. The van der Waals surface area contributed by atoms with E-state index in [2.05, 4.69) is 15.3 Å². The first kappa shape index (κ1) is 13.4. The van der Waals surface area contributed by atoms with Gasteiger partial charge in [0.2, 0.25) is 0 Å². The summed E-state index contributed by atoms with van der Waals surface area (Å²) in [5, 5.41) is 3.69. The van der Waals surface area contributed by atoms with Gasteiger partial charge in [0.05, 0.1) is 12.2 Å².